The first-order chi connectivity index (χ1) is 14.0. The molecule has 2 aromatic rings. The summed E-state index contributed by atoms with van der Waals surface area (Å²) < 4.78 is 5.20. The highest BCUT2D eigenvalue weighted by Gasteiger charge is 2.45. The minimum atomic E-state index is -1.13. The van der Waals surface area contributed by atoms with Crippen LogP contribution >= 0.6 is 11.3 Å². The van der Waals surface area contributed by atoms with Crippen LogP contribution in [0.25, 0.3) is 0 Å². The Kier molecular flexibility index (Phi) is 6.37. The molecule has 0 saturated heterocycles. The number of benzene rings is 1. The molecule has 0 spiro atoms. The van der Waals surface area contributed by atoms with Crippen molar-refractivity contribution in [3.8, 4) is 0 Å². The van der Waals surface area contributed by atoms with Crippen molar-refractivity contribution in [2.24, 2.45) is 0 Å². The van der Waals surface area contributed by atoms with Gasteiger partial charge in [-0.25, -0.2) is 0 Å². The minimum Gasteiger partial charge on any atom is -0.503 e. The molecule has 1 aliphatic rings. The number of carbonyl (C=O) groups excluding carboxylic acids is 2. The van der Waals surface area contributed by atoms with E-state index in [0.717, 1.165) is 11.3 Å². The maximum Gasteiger partial charge on any atom is 0.290 e. The van der Waals surface area contributed by atoms with Crippen molar-refractivity contribution in [2.45, 2.75) is 6.04 Å². The van der Waals surface area contributed by atoms with E-state index in [-0.39, 0.29) is 43.2 Å². The Morgan fingerprint density at radius 3 is 2.66 bits per heavy atom. The van der Waals surface area contributed by atoms with Crippen LogP contribution in [-0.2, 0) is 9.53 Å². The first kappa shape index (κ1) is 20.6. The van der Waals surface area contributed by atoms with Crippen LogP contribution in [0.15, 0.2) is 53.1 Å². The van der Waals surface area contributed by atoms with E-state index in [2.05, 4.69) is 0 Å². The molecule has 1 aliphatic heterocycles. The van der Waals surface area contributed by atoms with Crippen LogP contribution in [0.4, 0.5) is 5.69 Å². The van der Waals surface area contributed by atoms with E-state index >= 15 is 0 Å². The van der Waals surface area contributed by atoms with Gasteiger partial charge in [0.1, 0.15) is 0 Å². The van der Waals surface area contributed by atoms with Crippen LogP contribution in [0.2, 0.25) is 0 Å². The Hall–Kier alpha value is -3.08. The molecule has 0 aliphatic carbocycles. The summed E-state index contributed by atoms with van der Waals surface area (Å²) in [5.74, 6) is -2.10. The molecule has 0 bridgehead atoms. The number of para-hydroxylation sites is 1. The zero-order valence-electron chi connectivity index (χ0n) is 15.2. The topological polar surface area (TPSA) is 130 Å². The van der Waals surface area contributed by atoms with E-state index in [0.29, 0.717) is 4.88 Å². The van der Waals surface area contributed by atoms with Gasteiger partial charge in [0.2, 0.25) is 5.78 Å². The van der Waals surface area contributed by atoms with Crippen molar-refractivity contribution < 1.29 is 29.5 Å². The summed E-state index contributed by atoms with van der Waals surface area (Å²) in [4.78, 5) is 38.2. The van der Waals surface area contributed by atoms with Gasteiger partial charge in [-0.3, -0.25) is 19.7 Å². The fraction of sp³-hybridized carbons (Fsp3) is 0.263. The van der Waals surface area contributed by atoms with Gasteiger partial charge < -0.3 is 19.8 Å². The number of hydrogen-bond acceptors (Lipinski definition) is 8. The maximum atomic E-state index is 13.0. The number of rotatable bonds is 9. The molecule has 3 rings (SSSR count). The summed E-state index contributed by atoms with van der Waals surface area (Å²) in [6.45, 7) is -0.149. The summed E-state index contributed by atoms with van der Waals surface area (Å²) in [5.41, 5.74) is -0.344. The number of ketones is 1. The van der Waals surface area contributed by atoms with Gasteiger partial charge >= 0.3 is 0 Å². The molecule has 10 heteroatoms. The minimum absolute atomic E-state index is 0.0250. The van der Waals surface area contributed by atoms with Crippen LogP contribution in [0.1, 0.15) is 21.3 Å². The van der Waals surface area contributed by atoms with Crippen molar-refractivity contribution >= 4 is 28.7 Å². The average Bonchev–Trinajstić information content (AvgIpc) is 3.33. The highest BCUT2D eigenvalue weighted by Crippen LogP contribution is 2.42. The third kappa shape index (κ3) is 4.04. The number of carbonyl (C=O) groups is 2. The van der Waals surface area contributed by atoms with Crippen molar-refractivity contribution in [3.63, 3.8) is 0 Å². The molecular weight excluding hydrogens is 400 g/mol. The van der Waals surface area contributed by atoms with Crippen molar-refractivity contribution in [1.29, 1.82) is 0 Å². The highest BCUT2D eigenvalue weighted by molar-refractivity contribution is 7.12. The summed E-state index contributed by atoms with van der Waals surface area (Å²) in [7, 11) is 0. The quantitative estimate of drug-likeness (QED) is 0.276. The molecule has 0 fully saturated rings. The van der Waals surface area contributed by atoms with Crippen LogP contribution in [0.3, 0.4) is 0 Å². The van der Waals surface area contributed by atoms with Crippen LogP contribution in [-0.4, -0.2) is 58.1 Å². The smallest absolute Gasteiger partial charge is 0.290 e. The molecule has 1 aromatic heterocycles. The molecule has 29 heavy (non-hydrogen) atoms. The van der Waals surface area contributed by atoms with Crippen molar-refractivity contribution in [1.82, 2.24) is 4.90 Å². The number of amides is 1. The molecule has 1 amide bonds. The predicted octanol–water partition coefficient (Wildman–Crippen LogP) is 2.24. The molecule has 0 saturated carbocycles. The van der Waals surface area contributed by atoms with Crippen LogP contribution < -0.4 is 0 Å². The number of hydrogen-bond donors (Lipinski definition) is 2. The summed E-state index contributed by atoms with van der Waals surface area (Å²) in [6, 6.07) is 7.87. The zero-order chi connectivity index (χ0) is 21.0. The van der Waals surface area contributed by atoms with E-state index in [9.17, 15) is 24.8 Å². The number of ether oxygens (including phenoxy) is 1. The number of thiophene rings is 1. The third-order valence-electron chi connectivity index (χ3n) is 4.43. The van der Waals surface area contributed by atoms with E-state index in [1.54, 1.807) is 23.6 Å². The molecular formula is C19H18N2O7S. The number of nitrogens with zero attached hydrogens (tertiary/aromatic N) is 2. The van der Waals surface area contributed by atoms with Crippen LogP contribution in [0, 0.1) is 10.1 Å². The average molecular weight is 418 g/mol. The largest absolute Gasteiger partial charge is 0.503 e. The van der Waals surface area contributed by atoms with E-state index in [1.165, 1.54) is 23.1 Å². The van der Waals surface area contributed by atoms with E-state index in [4.69, 9.17) is 9.84 Å². The molecule has 0 radical (unpaired) electrons. The SMILES string of the molecule is O=C(C1=C(O)C(=O)N(CCOCCO)[C@@H]1c1ccccc1[N+](=O)[O-])c1cccs1. The number of Topliss-reactive ketones (excluding diaryl/α,β-unsaturated/α-hetero) is 1. The Morgan fingerprint density at radius 1 is 1.24 bits per heavy atom. The Balaban J connectivity index is 2.07. The lowest BCUT2D eigenvalue weighted by atomic mass is 9.94. The number of nitro groups is 1. The van der Waals surface area contributed by atoms with Crippen molar-refractivity contribution in [2.75, 3.05) is 26.4 Å². The molecule has 0 unspecified atom stereocenters. The molecule has 2 N–H and O–H groups in total. The fourth-order valence-corrected chi connectivity index (χ4v) is 3.87. The summed E-state index contributed by atoms with van der Waals surface area (Å²) >= 11 is 1.14. The van der Waals surface area contributed by atoms with Gasteiger partial charge in [0.05, 0.1) is 46.8 Å². The number of nitro benzene ring substituents is 1. The van der Waals surface area contributed by atoms with Gasteiger partial charge in [-0.2, -0.15) is 0 Å². The number of aliphatic hydroxyl groups is 2. The molecule has 2 heterocycles. The van der Waals surface area contributed by atoms with Gasteiger partial charge in [0.25, 0.3) is 11.6 Å². The second kappa shape index (κ2) is 8.95. The molecule has 1 aromatic carbocycles. The Labute approximate surface area is 169 Å². The maximum absolute atomic E-state index is 13.0. The first-order valence-corrected chi connectivity index (χ1v) is 9.59. The van der Waals surface area contributed by atoms with E-state index in [1.807, 2.05) is 0 Å². The third-order valence-corrected chi connectivity index (χ3v) is 5.30. The fourth-order valence-electron chi connectivity index (χ4n) is 3.19. The lowest BCUT2D eigenvalue weighted by Crippen LogP contribution is -2.34. The lowest BCUT2D eigenvalue weighted by Gasteiger charge is -2.26. The number of aliphatic hydroxyl groups excluding tert-OH is 2. The molecule has 152 valence electrons. The lowest BCUT2D eigenvalue weighted by molar-refractivity contribution is -0.385. The zero-order valence-corrected chi connectivity index (χ0v) is 16.0. The van der Waals surface area contributed by atoms with Crippen LogP contribution in [0.5, 0.6) is 0 Å². The van der Waals surface area contributed by atoms with Gasteiger partial charge in [0, 0.05) is 12.6 Å². The van der Waals surface area contributed by atoms with Gasteiger partial charge in [0.15, 0.2) is 5.76 Å². The molecule has 9 nitrogen and oxygen atoms in total. The second-order valence-electron chi connectivity index (χ2n) is 6.12. The second-order valence-corrected chi connectivity index (χ2v) is 7.07. The van der Waals surface area contributed by atoms with Gasteiger partial charge in [-0.1, -0.05) is 18.2 Å². The standard InChI is InChI=1S/C19H18N2O7S/c22-8-10-28-9-7-20-16(12-4-1-2-5-13(12)21(26)27)15(18(24)19(20)25)17(23)14-6-3-11-29-14/h1-6,11,16,22,24H,7-10H2/t16-/m1/s1. The predicted molar refractivity (Wildman–Crippen MR) is 104 cm³/mol. The van der Waals surface area contributed by atoms with Crippen molar-refractivity contribution in [3.05, 3.63) is 73.7 Å². The first-order valence-electron chi connectivity index (χ1n) is 8.71. The van der Waals surface area contributed by atoms with Gasteiger partial charge in [-0.15, -0.1) is 11.3 Å². The monoisotopic (exact) mass is 418 g/mol. The molecule has 1 atom stereocenters. The summed E-state index contributed by atoms with van der Waals surface area (Å²) in [6.07, 6.45) is 0. The normalized spacial score (nSPS) is 16.5. The summed E-state index contributed by atoms with van der Waals surface area (Å²) in [5, 5.41) is 32.5. The van der Waals surface area contributed by atoms with Gasteiger partial charge in [-0.05, 0) is 17.5 Å². The Bertz CT molecular complexity index is 955. The highest BCUT2D eigenvalue weighted by atomic mass is 32.1. The van der Waals surface area contributed by atoms with E-state index < -0.39 is 28.4 Å². The Morgan fingerprint density at radius 2 is 2.00 bits per heavy atom.